The number of hydrogen-bond donors (Lipinski definition) is 1. The number of nitrogen functional groups attached to an aromatic ring is 1. The van der Waals surface area contributed by atoms with E-state index >= 15 is 0 Å². The third kappa shape index (κ3) is 3.67. The lowest BCUT2D eigenvalue weighted by molar-refractivity contribution is -0.384. The van der Waals surface area contributed by atoms with E-state index in [0.717, 1.165) is 11.8 Å². The molecule has 7 nitrogen and oxygen atoms in total. The molecule has 2 aromatic rings. The van der Waals surface area contributed by atoms with Gasteiger partial charge in [0.05, 0.1) is 10.7 Å². The summed E-state index contributed by atoms with van der Waals surface area (Å²) in [5.41, 5.74) is 6.24. The molecule has 1 aromatic heterocycles. The number of ketones is 1. The molecule has 1 aromatic carbocycles. The number of non-ortho nitro benzene ring substituents is 1. The number of nitro benzene ring substituents is 1. The number of benzene rings is 1. The van der Waals surface area contributed by atoms with Crippen LogP contribution in [0.25, 0.3) is 0 Å². The number of halogens is 1. The Hall–Kier alpha value is -2.19. The second-order valence-electron chi connectivity index (χ2n) is 3.90. The highest BCUT2D eigenvalue weighted by Crippen LogP contribution is 2.27. The SMILES string of the molecule is Nc1c(Cl)ncnc1SCC(=O)c1ccc([N+](=O)[O-])cc1. The summed E-state index contributed by atoms with van der Waals surface area (Å²) in [5, 5.41) is 11.1. The monoisotopic (exact) mass is 324 g/mol. The molecule has 0 spiro atoms. The summed E-state index contributed by atoms with van der Waals surface area (Å²) in [7, 11) is 0. The van der Waals surface area contributed by atoms with Gasteiger partial charge in [-0.15, -0.1) is 0 Å². The molecule has 0 radical (unpaired) electrons. The van der Waals surface area contributed by atoms with Crippen molar-refractivity contribution in [3.05, 3.63) is 51.4 Å². The Bertz CT molecular complexity index is 693. The molecular weight excluding hydrogens is 316 g/mol. The van der Waals surface area contributed by atoms with Gasteiger partial charge >= 0.3 is 0 Å². The summed E-state index contributed by atoms with van der Waals surface area (Å²) in [6.07, 6.45) is 1.26. The average molecular weight is 325 g/mol. The lowest BCUT2D eigenvalue weighted by atomic mass is 10.1. The first-order chi connectivity index (χ1) is 9.99. The van der Waals surface area contributed by atoms with Crippen molar-refractivity contribution in [3.63, 3.8) is 0 Å². The number of carbonyl (C=O) groups is 1. The maximum Gasteiger partial charge on any atom is 0.269 e. The minimum Gasteiger partial charge on any atom is -0.394 e. The number of carbonyl (C=O) groups excluding carboxylic acids is 1. The van der Waals surface area contributed by atoms with E-state index in [0.29, 0.717) is 10.6 Å². The van der Waals surface area contributed by atoms with Gasteiger partial charge in [0.2, 0.25) is 0 Å². The predicted molar refractivity (Wildman–Crippen MR) is 79.6 cm³/mol. The molecule has 0 unspecified atom stereocenters. The summed E-state index contributed by atoms with van der Waals surface area (Å²) in [6.45, 7) is 0. The highest BCUT2D eigenvalue weighted by Gasteiger charge is 2.12. The molecule has 2 rings (SSSR count). The number of anilines is 1. The Labute approximate surface area is 128 Å². The molecule has 0 atom stereocenters. The molecule has 1 heterocycles. The standard InChI is InChI=1S/C12H9ClN4O3S/c13-11-10(14)12(16-6-15-11)21-5-9(18)7-1-3-8(4-2-7)17(19)20/h1-4,6H,5,14H2. The fourth-order valence-corrected chi connectivity index (χ4v) is 2.46. The number of Topliss-reactive ketones (excluding diaryl/α,β-unsaturated/α-hetero) is 1. The quantitative estimate of drug-likeness (QED) is 0.296. The lowest BCUT2D eigenvalue weighted by Crippen LogP contribution is -2.04. The van der Waals surface area contributed by atoms with Crippen LogP contribution in [0.1, 0.15) is 10.4 Å². The van der Waals surface area contributed by atoms with Crippen molar-refractivity contribution in [2.45, 2.75) is 5.03 Å². The van der Waals surface area contributed by atoms with E-state index in [1.165, 1.54) is 30.6 Å². The third-order valence-electron chi connectivity index (χ3n) is 2.54. The van der Waals surface area contributed by atoms with Crippen LogP contribution in [0.15, 0.2) is 35.6 Å². The van der Waals surface area contributed by atoms with E-state index in [1.54, 1.807) is 0 Å². The van der Waals surface area contributed by atoms with Gasteiger partial charge in [-0.05, 0) is 12.1 Å². The zero-order chi connectivity index (χ0) is 15.4. The molecule has 0 fully saturated rings. The van der Waals surface area contributed by atoms with E-state index in [-0.39, 0.29) is 28.1 Å². The molecule has 0 saturated carbocycles. The van der Waals surface area contributed by atoms with Gasteiger partial charge < -0.3 is 5.73 Å². The number of nitro groups is 1. The minimum atomic E-state index is -0.521. The molecule has 0 amide bonds. The molecule has 0 aliphatic rings. The maximum absolute atomic E-state index is 12.0. The first kappa shape index (κ1) is 15.2. The fourth-order valence-electron chi connectivity index (χ4n) is 1.46. The number of thioether (sulfide) groups is 1. The first-order valence-electron chi connectivity index (χ1n) is 5.65. The van der Waals surface area contributed by atoms with E-state index in [2.05, 4.69) is 9.97 Å². The molecule has 0 aliphatic carbocycles. The molecule has 0 aliphatic heterocycles. The second-order valence-corrected chi connectivity index (χ2v) is 5.22. The third-order valence-corrected chi connectivity index (χ3v) is 3.85. The van der Waals surface area contributed by atoms with Crippen LogP contribution in [0, 0.1) is 10.1 Å². The largest absolute Gasteiger partial charge is 0.394 e. The summed E-state index contributed by atoms with van der Waals surface area (Å²) >= 11 is 6.89. The molecule has 0 saturated heterocycles. The van der Waals surface area contributed by atoms with Gasteiger partial charge in [-0.1, -0.05) is 23.4 Å². The van der Waals surface area contributed by atoms with Crippen molar-refractivity contribution >= 4 is 40.5 Å². The van der Waals surface area contributed by atoms with Crippen molar-refractivity contribution in [2.24, 2.45) is 0 Å². The summed E-state index contributed by atoms with van der Waals surface area (Å²) in [4.78, 5) is 29.7. The van der Waals surface area contributed by atoms with Gasteiger partial charge in [-0.25, -0.2) is 9.97 Å². The van der Waals surface area contributed by atoms with Gasteiger partial charge in [-0.2, -0.15) is 0 Å². The Kier molecular flexibility index (Phi) is 4.71. The highest BCUT2D eigenvalue weighted by molar-refractivity contribution is 8.00. The van der Waals surface area contributed by atoms with E-state index in [4.69, 9.17) is 17.3 Å². The van der Waals surface area contributed by atoms with E-state index < -0.39 is 4.92 Å². The number of aromatic nitrogens is 2. The van der Waals surface area contributed by atoms with Crippen LogP contribution >= 0.6 is 23.4 Å². The van der Waals surface area contributed by atoms with Crippen LogP contribution in [-0.2, 0) is 0 Å². The van der Waals surface area contributed by atoms with Gasteiger partial charge in [0.15, 0.2) is 10.9 Å². The molecule has 0 bridgehead atoms. The highest BCUT2D eigenvalue weighted by atomic mass is 35.5. The summed E-state index contributed by atoms with van der Waals surface area (Å²) in [6, 6.07) is 5.40. The van der Waals surface area contributed by atoms with Crippen LogP contribution in [0.5, 0.6) is 0 Å². The average Bonchev–Trinajstić information content (AvgIpc) is 2.48. The van der Waals surface area contributed by atoms with E-state index in [9.17, 15) is 14.9 Å². The van der Waals surface area contributed by atoms with Gasteiger partial charge in [0.25, 0.3) is 5.69 Å². The van der Waals surface area contributed by atoms with Crippen molar-refractivity contribution in [2.75, 3.05) is 11.5 Å². The molecule has 108 valence electrons. The van der Waals surface area contributed by atoms with Crippen LogP contribution in [0.2, 0.25) is 5.15 Å². The van der Waals surface area contributed by atoms with Crippen molar-refractivity contribution < 1.29 is 9.72 Å². The van der Waals surface area contributed by atoms with Crippen molar-refractivity contribution in [3.8, 4) is 0 Å². The number of hydrogen-bond acceptors (Lipinski definition) is 7. The Morgan fingerprint density at radius 1 is 1.33 bits per heavy atom. The minimum absolute atomic E-state index is 0.0639. The predicted octanol–water partition coefficient (Wildman–Crippen LogP) is 2.60. The van der Waals surface area contributed by atoms with Gasteiger partial charge in [0.1, 0.15) is 17.0 Å². The summed E-state index contributed by atoms with van der Waals surface area (Å²) < 4.78 is 0. The first-order valence-corrected chi connectivity index (χ1v) is 7.02. The zero-order valence-corrected chi connectivity index (χ0v) is 12.1. The topological polar surface area (TPSA) is 112 Å². The number of nitrogens with zero attached hydrogens (tertiary/aromatic N) is 3. The molecule has 2 N–H and O–H groups in total. The second kappa shape index (κ2) is 6.51. The molecule has 21 heavy (non-hydrogen) atoms. The van der Waals surface area contributed by atoms with Crippen LogP contribution in [0.3, 0.4) is 0 Å². The molecule has 9 heteroatoms. The smallest absolute Gasteiger partial charge is 0.269 e. The Morgan fingerprint density at radius 2 is 2.00 bits per heavy atom. The normalized spacial score (nSPS) is 10.3. The zero-order valence-electron chi connectivity index (χ0n) is 10.5. The van der Waals surface area contributed by atoms with Crippen LogP contribution < -0.4 is 5.73 Å². The van der Waals surface area contributed by atoms with E-state index in [1.807, 2.05) is 0 Å². The lowest BCUT2D eigenvalue weighted by Gasteiger charge is -2.04. The number of rotatable bonds is 5. The van der Waals surface area contributed by atoms with Crippen LogP contribution in [0.4, 0.5) is 11.4 Å². The number of nitrogens with two attached hydrogens (primary N) is 1. The summed E-state index contributed by atoms with van der Waals surface area (Å²) in [5.74, 6) is -0.0981. The van der Waals surface area contributed by atoms with Crippen molar-refractivity contribution in [1.82, 2.24) is 9.97 Å². The van der Waals surface area contributed by atoms with Gasteiger partial charge in [-0.3, -0.25) is 14.9 Å². The Balaban J connectivity index is 2.04. The van der Waals surface area contributed by atoms with Crippen molar-refractivity contribution in [1.29, 1.82) is 0 Å². The Morgan fingerprint density at radius 3 is 2.62 bits per heavy atom. The fraction of sp³-hybridized carbons (Fsp3) is 0.0833. The van der Waals surface area contributed by atoms with Crippen LogP contribution in [-0.4, -0.2) is 26.4 Å². The maximum atomic E-state index is 12.0. The molecular formula is C12H9ClN4O3S. The van der Waals surface area contributed by atoms with Gasteiger partial charge in [0, 0.05) is 17.7 Å².